The third-order valence-electron chi connectivity index (χ3n) is 3.92. The SMILES string of the molecule is COc1ccc(-c2nc(CC(=O)N[C@@H](C(=O)O)c3ccccc3)cs2)cc1. The van der Waals surface area contributed by atoms with Crippen LogP contribution < -0.4 is 10.1 Å². The molecule has 6 nitrogen and oxygen atoms in total. The average Bonchev–Trinajstić information content (AvgIpc) is 3.15. The maximum atomic E-state index is 12.3. The van der Waals surface area contributed by atoms with Crippen LogP contribution in [0.3, 0.4) is 0 Å². The normalized spacial score (nSPS) is 11.6. The van der Waals surface area contributed by atoms with E-state index in [9.17, 15) is 14.7 Å². The molecule has 7 heteroatoms. The molecule has 0 unspecified atom stereocenters. The number of carbonyl (C=O) groups excluding carboxylic acids is 1. The number of hydrogen-bond acceptors (Lipinski definition) is 5. The van der Waals surface area contributed by atoms with Crippen molar-refractivity contribution >= 4 is 23.2 Å². The molecule has 0 fully saturated rings. The second-order valence-electron chi connectivity index (χ2n) is 5.80. The number of nitrogens with zero attached hydrogens (tertiary/aromatic N) is 1. The Balaban J connectivity index is 1.67. The molecule has 1 amide bonds. The molecule has 1 heterocycles. The van der Waals surface area contributed by atoms with Gasteiger partial charge in [0.25, 0.3) is 0 Å². The molecule has 0 radical (unpaired) electrons. The quantitative estimate of drug-likeness (QED) is 0.654. The largest absolute Gasteiger partial charge is 0.497 e. The van der Waals surface area contributed by atoms with Gasteiger partial charge < -0.3 is 15.2 Å². The Morgan fingerprint density at radius 2 is 1.85 bits per heavy atom. The molecule has 0 saturated carbocycles. The van der Waals surface area contributed by atoms with Crippen molar-refractivity contribution in [2.45, 2.75) is 12.5 Å². The molecule has 0 spiro atoms. The number of nitrogens with one attached hydrogen (secondary N) is 1. The molecule has 1 aromatic heterocycles. The summed E-state index contributed by atoms with van der Waals surface area (Å²) in [5.74, 6) is -0.736. The first-order valence-corrected chi connectivity index (χ1v) is 9.10. The first kappa shape index (κ1) is 18.6. The molecule has 2 N–H and O–H groups in total. The van der Waals surface area contributed by atoms with Crippen LogP contribution in [0, 0.1) is 0 Å². The summed E-state index contributed by atoms with van der Waals surface area (Å²) < 4.78 is 5.14. The zero-order valence-corrected chi connectivity index (χ0v) is 15.4. The van der Waals surface area contributed by atoms with Crippen molar-refractivity contribution in [2.75, 3.05) is 7.11 Å². The summed E-state index contributed by atoms with van der Waals surface area (Å²) in [6.07, 6.45) is 0.0171. The molecule has 3 rings (SSSR count). The number of thiazole rings is 1. The highest BCUT2D eigenvalue weighted by Crippen LogP contribution is 2.26. The van der Waals surface area contributed by atoms with Crippen LogP contribution in [0.15, 0.2) is 60.0 Å². The van der Waals surface area contributed by atoms with Crippen LogP contribution >= 0.6 is 11.3 Å². The molecule has 0 bridgehead atoms. The van der Waals surface area contributed by atoms with Gasteiger partial charge in [0.05, 0.1) is 19.2 Å². The fourth-order valence-electron chi connectivity index (χ4n) is 2.56. The van der Waals surface area contributed by atoms with Crippen LogP contribution in [-0.4, -0.2) is 29.1 Å². The van der Waals surface area contributed by atoms with Gasteiger partial charge in [-0.25, -0.2) is 9.78 Å². The van der Waals surface area contributed by atoms with Crippen molar-refractivity contribution in [2.24, 2.45) is 0 Å². The Morgan fingerprint density at radius 3 is 2.48 bits per heavy atom. The van der Waals surface area contributed by atoms with Crippen LogP contribution in [0.5, 0.6) is 5.75 Å². The molecule has 0 aliphatic carbocycles. The summed E-state index contributed by atoms with van der Waals surface area (Å²) >= 11 is 1.43. The van der Waals surface area contributed by atoms with Crippen molar-refractivity contribution < 1.29 is 19.4 Å². The van der Waals surface area contributed by atoms with Crippen LogP contribution in [-0.2, 0) is 16.0 Å². The lowest BCUT2D eigenvalue weighted by molar-refractivity contribution is -0.142. The van der Waals surface area contributed by atoms with Gasteiger partial charge in [0.1, 0.15) is 10.8 Å². The van der Waals surface area contributed by atoms with Gasteiger partial charge in [-0.15, -0.1) is 11.3 Å². The van der Waals surface area contributed by atoms with Crippen molar-refractivity contribution in [1.82, 2.24) is 10.3 Å². The van der Waals surface area contributed by atoms with Crippen LogP contribution in [0.2, 0.25) is 0 Å². The number of benzene rings is 2. The molecule has 138 valence electrons. The van der Waals surface area contributed by atoms with Gasteiger partial charge in [0.15, 0.2) is 6.04 Å². The summed E-state index contributed by atoms with van der Waals surface area (Å²) in [6.45, 7) is 0. The highest BCUT2D eigenvalue weighted by atomic mass is 32.1. The topological polar surface area (TPSA) is 88.5 Å². The predicted octanol–water partition coefficient (Wildman–Crippen LogP) is 3.30. The van der Waals surface area contributed by atoms with Gasteiger partial charge in [0, 0.05) is 10.9 Å². The van der Waals surface area contributed by atoms with Crippen LogP contribution in [0.4, 0.5) is 0 Å². The molecule has 0 aliphatic rings. The Labute approximate surface area is 160 Å². The average molecular weight is 382 g/mol. The van der Waals surface area contributed by atoms with E-state index in [4.69, 9.17) is 4.74 Å². The highest BCUT2D eigenvalue weighted by Gasteiger charge is 2.22. The van der Waals surface area contributed by atoms with Gasteiger partial charge in [0.2, 0.25) is 5.91 Å². The lowest BCUT2D eigenvalue weighted by Crippen LogP contribution is -2.34. The van der Waals surface area contributed by atoms with E-state index in [0.717, 1.165) is 16.3 Å². The van der Waals surface area contributed by atoms with E-state index < -0.39 is 17.9 Å². The number of aliphatic carboxylic acids is 1. The molecular formula is C20H18N2O4S. The summed E-state index contributed by atoms with van der Waals surface area (Å²) in [7, 11) is 1.61. The fourth-order valence-corrected chi connectivity index (χ4v) is 3.39. The van der Waals surface area contributed by atoms with Crippen LogP contribution in [0.1, 0.15) is 17.3 Å². The van der Waals surface area contributed by atoms with Crippen molar-refractivity contribution in [1.29, 1.82) is 0 Å². The van der Waals surface area contributed by atoms with E-state index in [1.165, 1.54) is 11.3 Å². The molecule has 1 atom stereocenters. The zero-order chi connectivity index (χ0) is 19.2. The minimum Gasteiger partial charge on any atom is -0.497 e. The standard InChI is InChI=1S/C20H18N2O4S/c1-26-16-9-7-14(8-10-16)19-21-15(12-27-19)11-17(23)22-18(20(24)25)13-5-3-2-4-6-13/h2-10,12,18H,11H2,1H3,(H,22,23)(H,24,25)/t18-/m1/s1. The molecule has 2 aromatic carbocycles. The first-order valence-electron chi connectivity index (χ1n) is 8.23. The Morgan fingerprint density at radius 1 is 1.15 bits per heavy atom. The van der Waals surface area contributed by atoms with Crippen molar-refractivity contribution in [3.63, 3.8) is 0 Å². The third-order valence-corrected chi connectivity index (χ3v) is 4.86. The lowest BCUT2D eigenvalue weighted by Gasteiger charge is -2.14. The van der Waals surface area contributed by atoms with Gasteiger partial charge in [-0.1, -0.05) is 30.3 Å². The Kier molecular flexibility index (Phi) is 5.83. The fraction of sp³-hybridized carbons (Fsp3) is 0.150. The van der Waals surface area contributed by atoms with E-state index in [1.54, 1.807) is 42.8 Å². The maximum Gasteiger partial charge on any atom is 0.330 e. The lowest BCUT2D eigenvalue weighted by atomic mass is 10.1. The van der Waals surface area contributed by atoms with Crippen molar-refractivity contribution in [3.8, 4) is 16.3 Å². The monoisotopic (exact) mass is 382 g/mol. The third kappa shape index (κ3) is 4.71. The van der Waals surface area contributed by atoms with E-state index in [-0.39, 0.29) is 6.42 Å². The number of carboxylic acids is 1. The van der Waals surface area contributed by atoms with Crippen LogP contribution in [0.25, 0.3) is 10.6 Å². The Hall–Kier alpha value is -3.19. The predicted molar refractivity (Wildman–Crippen MR) is 103 cm³/mol. The van der Waals surface area contributed by atoms with Gasteiger partial charge in [-0.3, -0.25) is 4.79 Å². The number of methoxy groups -OCH3 is 1. The molecule has 0 saturated heterocycles. The summed E-state index contributed by atoms with van der Waals surface area (Å²) in [4.78, 5) is 28.3. The maximum absolute atomic E-state index is 12.3. The number of ether oxygens (including phenoxy) is 1. The molecule has 0 aliphatic heterocycles. The number of hydrogen-bond donors (Lipinski definition) is 2. The number of amides is 1. The van der Waals surface area contributed by atoms with E-state index in [2.05, 4.69) is 10.3 Å². The Bertz CT molecular complexity index is 923. The minimum atomic E-state index is -1.10. The number of carboxylic acid groups (broad SMARTS) is 1. The van der Waals surface area contributed by atoms with E-state index >= 15 is 0 Å². The molecule has 27 heavy (non-hydrogen) atoms. The van der Waals surface area contributed by atoms with E-state index in [1.807, 2.05) is 24.3 Å². The molecule has 3 aromatic rings. The first-order chi connectivity index (χ1) is 13.1. The summed E-state index contributed by atoms with van der Waals surface area (Å²) in [5.41, 5.74) is 2.05. The number of carbonyl (C=O) groups is 2. The zero-order valence-electron chi connectivity index (χ0n) is 14.6. The number of rotatable bonds is 7. The minimum absolute atomic E-state index is 0.0171. The van der Waals surface area contributed by atoms with Gasteiger partial charge in [-0.2, -0.15) is 0 Å². The van der Waals surface area contributed by atoms with Gasteiger partial charge in [-0.05, 0) is 29.8 Å². The summed E-state index contributed by atoms with van der Waals surface area (Å²) in [6, 6.07) is 15.0. The second-order valence-corrected chi connectivity index (χ2v) is 6.66. The molecular weight excluding hydrogens is 364 g/mol. The highest BCUT2D eigenvalue weighted by molar-refractivity contribution is 7.13. The van der Waals surface area contributed by atoms with E-state index in [0.29, 0.717) is 11.3 Å². The van der Waals surface area contributed by atoms with Gasteiger partial charge >= 0.3 is 5.97 Å². The number of aromatic nitrogens is 1. The van der Waals surface area contributed by atoms with Crippen molar-refractivity contribution in [3.05, 3.63) is 71.2 Å². The second kappa shape index (κ2) is 8.46. The summed E-state index contributed by atoms with van der Waals surface area (Å²) in [5, 5.41) is 14.5. The smallest absolute Gasteiger partial charge is 0.330 e.